The third-order valence-electron chi connectivity index (χ3n) is 1.47. The molecule has 0 bridgehead atoms. The Morgan fingerprint density at radius 2 is 1.73 bits per heavy atom. The van der Waals surface area contributed by atoms with E-state index in [0.29, 0.717) is 9.79 Å². The Balaban J connectivity index is 3.46. The summed E-state index contributed by atoms with van der Waals surface area (Å²) < 4.78 is 0. The maximum Gasteiger partial charge on any atom is 0.130 e. The second kappa shape index (κ2) is 3.21. The number of benzene rings is 1. The van der Waals surface area contributed by atoms with Crippen molar-refractivity contribution >= 4 is 37.9 Å². The molecule has 0 radical (unpaired) electrons. The summed E-state index contributed by atoms with van der Waals surface area (Å²) in [6, 6.07) is 1.53. The number of aromatic hydroxyl groups is 1. The maximum atomic E-state index is 9.25. The molecule has 0 saturated carbocycles. The average Bonchev–Trinajstić information content (AvgIpc) is 1.97. The minimum absolute atomic E-state index is 0.147. The van der Waals surface area contributed by atoms with Gasteiger partial charge in [-0.05, 0) is 18.6 Å². The van der Waals surface area contributed by atoms with Crippen LogP contribution in [0.2, 0.25) is 0 Å². The number of rotatable bonds is 0. The zero-order chi connectivity index (χ0) is 8.59. The minimum Gasteiger partial charge on any atom is -0.507 e. The number of phenols is 1. The smallest absolute Gasteiger partial charge is 0.130 e. The van der Waals surface area contributed by atoms with E-state index in [1.807, 2.05) is 6.92 Å². The Morgan fingerprint density at radius 3 is 2.27 bits per heavy atom. The predicted molar refractivity (Wildman–Crippen MR) is 54.6 cm³/mol. The SMILES string of the molecule is Cc1c(S)c(O)cc(S)c1S. The van der Waals surface area contributed by atoms with Gasteiger partial charge >= 0.3 is 0 Å². The van der Waals surface area contributed by atoms with Gasteiger partial charge in [-0.25, -0.2) is 0 Å². The number of thiol groups is 3. The van der Waals surface area contributed by atoms with Gasteiger partial charge < -0.3 is 5.11 Å². The molecule has 0 atom stereocenters. The zero-order valence-corrected chi connectivity index (χ0v) is 8.55. The lowest BCUT2D eigenvalue weighted by Gasteiger charge is -2.07. The average molecular weight is 204 g/mol. The largest absolute Gasteiger partial charge is 0.507 e. The van der Waals surface area contributed by atoms with Crippen LogP contribution in [0.4, 0.5) is 0 Å². The molecule has 0 saturated heterocycles. The standard InChI is InChI=1S/C7H8OS3/c1-3-6(10)4(8)2-5(9)7(3)11/h2,8-11H,1H3. The van der Waals surface area contributed by atoms with Crippen molar-refractivity contribution in [2.75, 3.05) is 0 Å². The Labute approximate surface area is 82.1 Å². The normalized spacial score (nSPS) is 10.2. The van der Waals surface area contributed by atoms with Gasteiger partial charge in [-0.3, -0.25) is 0 Å². The third kappa shape index (κ3) is 1.63. The molecule has 11 heavy (non-hydrogen) atoms. The van der Waals surface area contributed by atoms with E-state index in [4.69, 9.17) is 0 Å². The molecule has 1 aromatic carbocycles. The lowest BCUT2D eigenvalue weighted by atomic mass is 10.2. The fourth-order valence-electron chi connectivity index (χ4n) is 0.763. The van der Waals surface area contributed by atoms with E-state index in [1.54, 1.807) is 0 Å². The molecule has 1 N–H and O–H groups in total. The molecule has 0 amide bonds. The van der Waals surface area contributed by atoms with Gasteiger partial charge in [-0.15, -0.1) is 37.9 Å². The molecule has 0 aliphatic rings. The van der Waals surface area contributed by atoms with E-state index < -0.39 is 0 Å². The molecule has 1 aromatic rings. The van der Waals surface area contributed by atoms with Gasteiger partial charge in [0.1, 0.15) is 5.75 Å². The molecule has 0 aliphatic heterocycles. The van der Waals surface area contributed by atoms with E-state index in [0.717, 1.165) is 10.5 Å². The van der Waals surface area contributed by atoms with Crippen molar-refractivity contribution in [3.63, 3.8) is 0 Å². The summed E-state index contributed by atoms with van der Waals surface area (Å²) in [5, 5.41) is 9.25. The summed E-state index contributed by atoms with van der Waals surface area (Å²) >= 11 is 12.4. The lowest BCUT2D eigenvalue weighted by molar-refractivity contribution is 0.458. The number of phenolic OH excluding ortho intramolecular Hbond substituents is 1. The van der Waals surface area contributed by atoms with Crippen LogP contribution in [0.5, 0.6) is 5.75 Å². The molecule has 4 heteroatoms. The van der Waals surface area contributed by atoms with Gasteiger partial charge in [0.05, 0.1) is 4.90 Å². The van der Waals surface area contributed by atoms with Gasteiger partial charge in [0, 0.05) is 9.79 Å². The minimum atomic E-state index is 0.147. The highest BCUT2D eigenvalue weighted by molar-refractivity contribution is 7.83. The highest BCUT2D eigenvalue weighted by Gasteiger charge is 2.06. The fourth-order valence-corrected chi connectivity index (χ4v) is 1.49. The highest BCUT2D eigenvalue weighted by Crippen LogP contribution is 2.34. The fraction of sp³-hybridized carbons (Fsp3) is 0.143. The first-order chi connectivity index (χ1) is 5.04. The Bertz CT molecular complexity index is 270. The molecule has 0 fully saturated rings. The molecule has 60 valence electrons. The van der Waals surface area contributed by atoms with Crippen LogP contribution in [-0.4, -0.2) is 5.11 Å². The Hall–Kier alpha value is 0.0700. The molecular weight excluding hydrogens is 196 g/mol. The van der Waals surface area contributed by atoms with Crippen molar-refractivity contribution < 1.29 is 5.11 Å². The molecule has 1 nitrogen and oxygen atoms in total. The first-order valence-corrected chi connectivity index (χ1v) is 4.31. The van der Waals surface area contributed by atoms with Crippen LogP contribution in [0, 0.1) is 6.92 Å². The first-order valence-electron chi connectivity index (χ1n) is 2.97. The van der Waals surface area contributed by atoms with E-state index in [1.165, 1.54) is 6.07 Å². The molecule has 0 aliphatic carbocycles. The van der Waals surface area contributed by atoms with Crippen molar-refractivity contribution in [1.29, 1.82) is 0 Å². The topological polar surface area (TPSA) is 20.2 Å². The van der Waals surface area contributed by atoms with Crippen molar-refractivity contribution in [1.82, 2.24) is 0 Å². The highest BCUT2D eigenvalue weighted by atomic mass is 32.1. The summed E-state index contributed by atoms with van der Waals surface area (Å²) in [4.78, 5) is 1.99. The van der Waals surface area contributed by atoms with E-state index >= 15 is 0 Å². The van der Waals surface area contributed by atoms with Gasteiger partial charge in [-0.1, -0.05) is 0 Å². The van der Waals surface area contributed by atoms with Crippen LogP contribution in [0.3, 0.4) is 0 Å². The monoisotopic (exact) mass is 204 g/mol. The summed E-state index contributed by atoms with van der Waals surface area (Å²) in [6.45, 7) is 1.84. The third-order valence-corrected chi connectivity index (χ3v) is 3.14. The molecule has 0 aromatic heterocycles. The van der Waals surface area contributed by atoms with Crippen LogP contribution in [0.1, 0.15) is 5.56 Å². The van der Waals surface area contributed by atoms with Crippen LogP contribution in [-0.2, 0) is 0 Å². The lowest BCUT2D eigenvalue weighted by Crippen LogP contribution is -1.82. The van der Waals surface area contributed by atoms with Gasteiger partial charge in [-0.2, -0.15) is 0 Å². The number of hydrogen-bond acceptors (Lipinski definition) is 4. The van der Waals surface area contributed by atoms with E-state index in [2.05, 4.69) is 37.9 Å². The summed E-state index contributed by atoms with van der Waals surface area (Å²) in [5.74, 6) is 0.147. The van der Waals surface area contributed by atoms with Crippen LogP contribution >= 0.6 is 37.9 Å². The molecule has 0 spiro atoms. The first kappa shape index (κ1) is 9.16. The number of hydrogen-bond donors (Lipinski definition) is 4. The quantitative estimate of drug-likeness (QED) is 0.479. The van der Waals surface area contributed by atoms with Crippen molar-refractivity contribution in [3.05, 3.63) is 11.6 Å². The molecular formula is C7H8OS3. The van der Waals surface area contributed by atoms with Crippen LogP contribution < -0.4 is 0 Å². The van der Waals surface area contributed by atoms with Gasteiger partial charge in [0.15, 0.2) is 0 Å². The van der Waals surface area contributed by atoms with Crippen molar-refractivity contribution in [2.24, 2.45) is 0 Å². The van der Waals surface area contributed by atoms with Gasteiger partial charge in [0.25, 0.3) is 0 Å². The molecule has 0 unspecified atom stereocenters. The van der Waals surface area contributed by atoms with Crippen LogP contribution in [0.25, 0.3) is 0 Å². The summed E-state index contributed by atoms with van der Waals surface area (Å²) in [5.41, 5.74) is 0.849. The summed E-state index contributed by atoms with van der Waals surface area (Å²) in [7, 11) is 0. The molecule has 1 rings (SSSR count). The van der Waals surface area contributed by atoms with Crippen molar-refractivity contribution in [2.45, 2.75) is 21.6 Å². The predicted octanol–water partition coefficient (Wildman–Crippen LogP) is 2.57. The summed E-state index contributed by atoms with van der Waals surface area (Å²) in [6.07, 6.45) is 0. The second-order valence-electron chi connectivity index (χ2n) is 2.24. The Kier molecular flexibility index (Phi) is 2.67. The Morgan fingerprint density at radius 1 is 1.18 bits per heavy atom. The zero-order valence-electron chi connectivity index (χ0n) is 5.87. The van der Waals surface area contributed by atoms with Crippen molar-refractivity contribution in [3.8, 4) is 5.75 Å². The van der Waals surface area contributed by atoms with E-state index in [9.17, 15) is 5.11 Å². The maximum absolute atomic E-state index is 9.25. The molecule has 0 heterocycles. The van der Waals surface area contributed by atoms with Crippen LogP contribution in [0.15, 0.2) is 20.8 Å². The van der Waals surface area contributed by atoms with E-state index in [-0.39, 0.29) is 5.75 Å². The second-order valence-corrected chi connectivity index (χ2v) is 3.61. The van der Waals surface area contributed by atoms with Gasteiger partial charge in [0.2, 0.25) is 0 Å².